The molecule has 3 aromatic rings. The molecule has 3 fully saturated rings. The zero-order chi connectivity index (χ0) is 40.6. The van der Waals surface area contributed by atoms with Gasteiger partial charge in [0.05, 0.1) is 59.1 Å². The monoisotopic (exact) mass is 807 g/mol. The van der Waals surface area contributed by atoms with Gasteiger partial charge in [0.25, 0.3) is 0 Å². The fourth-order valence-corrected chi connectivity index (χ4v) is 11.6. The number of rotatable bonds is 16. The van der Waals surface area contributed by atoms with Crippen LogP contribution in [0.25, 0.3) is 22.3 Å². The fourth-order valence-electron chi connectivity index (χ4n) is 8.47. The number of aromatic nitrogens is 2. The van der Waals surface area contributed by atoms with E-state index in [1.54, 1.807) is 36.3 Å². The highest BCUT2D eigenvalue weighted by Crippen LogP contribution is 2.72. The average molecular weight is 808 g/mol. The lowest BCUT2D eigenvalue weighted by molar-refractivity contribution is -0.156. The molecule has 304 valence electrons. The molecule has 11 nitrogen and oxygen atoms in total. The van der Waals surface area contributed by atoms with Gasteiger partial charge in [0.1, 0.15) is 23.7 Å². The highest BCUT2D eigenvalue weighted by atomic mass is 32.1. The molecule has 6 rings (SSSR count). The molecule has 1 unspecified atom stereocenters. The number of nitrogens with zero attached hydrogens (tertiary/aromatic N) is 3. The molecular formula is C43H58N3O8PS. The SMILES string of the molecule is C=C[C@@H]1C[C@]1(CC(=O)[C@@H]1C[C@@H](Oc2cc(-c3csc(CC(C)C)n3)nc3cc(OC)ccc23)CN1C(=O)[C@@H](CC(=O)OC1CCCC1)C(C)(C)C)P(=O)(O)CC. The van der Waals surface area contributed by atoms with Crippen LogP contribution < -0.4 is 9.47 Å². The first-order valence-corrected chi connectivity index (χ1v) is 22.8. The van der Waals surface area contributed by atoms with Gasteiger partial charge in [-0.3, -0.25) is 18.9 Å². The van der Waals surface area contributed by atoms with Crippen LogP contribution in [0.2, 0.25) is 0 Å². The lowest BCUT2D eigenvalue weighted by Gasteiger charge is -2.35. The number of methoxy groups -OCH3 is 1. The number of hydrogen-bond acceptors (Lipinski definition) is 10. The normalized spacial score (nSPS) is 24.2. The summed E-state index contributed by atoms with van der Waals surface area (Å²) in [5.74, 6) is -0.463. The third kappa shape index (κ3) is 8.92. The number of likely N-dealkylation sites (tertiary alicyclic amines) is 1. The van der Waals surface area contributed by atoms with Crippen molar-refractivity contribution in [3.05, 3.63) is 47.3 Å². The molecule has 2 aromatic heterocycles. The van der Waals surface area contributed by atoms with Gasteiger partial charge in [-0.25, -0.2) is 9.97 Å². The van der Waals surface area contributed by atoms with E-state index in [4.69, 9.17) is 24.2 Å². The molecule has 1 saturated heterocycles. The number of esters is 1. The number of benzene rings is 1. The van der Waals surface area contributed by atoms with E-state index in [1.165, 1.54) is 0 Å². The van der Waals surface area contributed by atoms with E-state index in [9.17, 15) is 23.8 Å². The third-order valence-electron chi connectivity index (χ3n) is 11.9. The predicted octanol–water partition coefficient (Wildman–Crippen LogP) is 8.65. The second kappa shape index (κ2) is 16.7. The van der Waals surface area contributed by atoms with E-state index in [2.05, 4.69) is 20.4 Å². The maximum Gasteiger partial charge on any atom is 0.306 e. The van der Waals surface area contributed by atoms with E-state index < -0.39 is 42.0 Å². The van der Waals surface area contributed by atoms with Gasteiger partial charge in [0.2, 0.25) is 13.3 Å². The molecule has 1 amide bonds. The van der Waals surface area contributed by atoms with E-state index in [-0.39, 0.29) is 55.7 Å². The summed E-state index contributed by atoms with van der Waals surface area (Å²) in [5, 5.41) is 2.64. The predicted molar refractivity (Wildman–Crippen MR) is 219 cm³/mol. The summed E-state index contributed by atoms with van der Waals surface area (Å²) >= 11 is 1.59. The Balaban J connectivity index is 1.34. The minimum Gasteiger partial charge on any atom is -0.497 e. The molecule has 1 N–H and O–H groups in total. The second-order valence-electron chi connectivity index (χ2n) is 17.4. The first-order valence-electron chi connectivity index (χ1n) is 20.1. The van der Waals surface area contributed by atoms with Gasteiger partial charge < -0.3 is 24.0 Å². The van der Waals surface area contributed by atoms with Gasteiger partial charge in [-0.05, 0) is 61.5 Å². The van der Waals surface area contributed by atoms with E-state index >= 15 is 0 Å². The Bertz CT molecular complexity index is 2000. The molecule has 0 spiro atoms. The molecule has 0 radical (unpaired) electrons. The van der Waals surface area contributed by atoms with Crippen LogP contribution in [0, 0.1) is 23.2 Å². The number of hydrogen-bond donors (Lipinski definition) is 1. The summed E-state index contributed by atoms with van der Waals surface area (Å²) in [6.07, 6.45) is 5.78. The molecule has 2 aliphatic carbocycles. The van der Waals surface area contributed by atoms with Crippen LogP contribution in [0.5, 0.6) is 11.5 Å². The molecule has 2 saturated carbocycles. The number of ether oxygens (including phenoxy) is 3. The van der Waals surface area contributed by atoms with Gasteiger partial charge in [-0.2, -0.15) is 0 Å². The van der Waals surface area contributed by atoms with Gasteiger partial charge in [0.15, 0.2) is 5.78 Å². The third-order valence-corrected chi connectivity index (χ3v) is 15.7. The standard InChI is InChI=1S/C43H58N3O8PS/c1-9-27-22-43(27,55(50,51)10-2)23-37(47)36-19-30(24-46(36)41(49)32(42(5,6)7)20-40(48)54-28-13-11-12-14-28)53-38-21-34(35-25-56-39(45-35)17-26(3)4)44-33-18-29(52-8)15-16-31(33)38/h9,15-16,18,21,25-28,30,32,36H,1,10-14,17,19-20,22-24H2,2-8H3,(H,50,51)/t27-,30-,32-,36+,43-/m1/s1. The van der Waals surface area contributed by atoms with Crippen molar-refractivity contribution in [2.45, 2.75) is 123 Å². The molecule has 1 aromatic carbocycles. The summed E-state index contributed by atoms with van der Waals surface area (Å²) in [7, 11) is -2.11. The van der Waals surface area contributed by atoms with Crippen LogP contribution in [-0.4, -0.2) is 80.6 Å². The van der Waals surface area contributed by atoms with E-state index in [0.29, 0.717) is 35.0 Å². The number of thiazole rings is 1. The molecule has 56 heavy (non-hydrogen) atoms. The molecule has 3 heterocycles. The first-order chi connectivity index (χ1) is 26.5. The summed E-state index contributed by atoms with van der Waals surface area (Å²) in [4.78, 5) is 65.1. The van der Waals surface area contributed by atoms with Crippen LogP contribution in [-0.2, 0) is 30.1 Å². The lowest BCUT2D eigenvalue weighted by Crippen LogP contribution is -2.48. The number of fused-ring (bicyclic) bond motifs is 1. The highest BCUT2D eigenvalue weighted by Gasteiger charge is 2.64. The molecule has 1 aliphatic heterocycles. The fraction of sp³-hybridized carbons (Fsp3) is 0.605. The molecule has 13 heteroatoms. The summed E-state index contributed by atoms with van der Waals surface area (Å²) in [6, 6.07) is 6.50. The van der Waals surface area contributed by atoms with Crippen LogP contribution >= 0.6 is 18.7 Å². The van der Waals surface area contributed by atoms with Gasteiger partial charge >= 0.3 is 5.97 Å². The number of ketones is 1. The van der Waals surface area contributed by atoms with Crippen LogP contribution in [0.1, 0.15) is 97.9 Å². The number of pyridine rings is 1. The van der Waals surface area contributed by atoms with Crippen molar-refractivity contribution in [3.63, 3.8) is 0 Å². The average Bonchev–Trinajstić information content (AvgIpc) is 3.55. The Kier molecular flexibility index (Phi) is 12.5. The summed E-state index contributed by atoms with van der Waals surface area (Å²) in [6.45, 7) is 15.7. The topological polar surface area (TPSA) is 145 Å². The van der Waals surface area contributed by atoms with E-state index in [1.807, 2.05) is 50.4 Å². The van der Waals surface area contributed by atoms with Crippen LogP contribution in [0.4, 0.5) is 0 Å². The molecule has 3 aliphatic rings. The smallest absolute Gasteiger partial charge is 0.306 e. The van der Waals surface area contributed by atoms with Crippen molar-refractivity contribution in [2.75, 3.05) is 19.8 Å². The first kappa shape index (κ1) is 42.0. The molecule has 0 bridgehead atoms. The number of allylic oxidation sites excluding steroid dienone is 1. The molecular weight excluding hydrogens is 750 g/mol. The quantitative estimate of drug-likeness (QED) is 0.0848. The highest BCUT2D eigenvalue weighted by molar-refractivity contribution is 7.60. The number of Topliss-reactive ketones (excluding diaryl/α,β-unsaturated/α-hetero) is 1. The van der Waals surface area contributed by atoms with Gasteiger partial charge in [-0.1, -0.05) is 47.6 Å². The minimum absolute atomic E-state index is 0.0407. The Hall–Kier alpha value is -3.60. The Labute approximate surface area is 335 Å². The van der Waals surface area contributed by atoms with Crippen molar-refractivity contribution in [1.82, 2.24) is 14.9 Å². The number of carbonyl (C=O) groups is 3. The Morgan fingerprint density at radius 1 is 1.12 bits per heavy atom. The number of amides is 1. The van der Waals surface area contributed by atoms with Crippen molar-refractivity contribution in [2.24, 2.45) is 23.2 Å². The van der Waals surface area contributed by atoms with Crippen molar-refractivity contribution in [1.29, 1.82) is 0 Å². The Morgan fingerprint density at radius 2 is 1.86 bits per heavy atom. The van der Waals surface area contributed by atoms with Crippen molar-refractivity contribution < 1.29 is 38.1 Å². The lowest BCUT2D eigenvalue weighted by atomic mass is 9.77. The Morgan fingerprint density at radius 3 is 2.48 bits per heavy atom. The summed E-state index contributed by atoms with van der Waals surface area (Å²) < 4.78 is 31.7. The zero-order valence-corrected chi connectivity index (χ0v) is 35.6. The van der Waals surface area contributed by atoms with Gasteiger partial charge in [0, 0.05) is 48.3 Å². The van der Waals surface area contributed by atoms with Crippen LogP contribution in [0.3, 0.4) is 0 Å². The maximum atomic E-state index is 14.8. The van der Waals surface area contributed by atoms with E-state index in [0.717, 1.165) is 48.2 Å². The van der Waals surface area contributed by atoms with Gasteiger partial charge in [-0.15, -0.1) is 17.9 Å². The molecule has 6 atom stereocenters. The van der Waals surface area contributed by atoms with Crippen molar-refractivity contribution in [3.8, 4) is 22.9 Å². The largest absolute Gasteiger partial charge is 0.497 e. The minimum atomic E-state index is -3.71. The maximum absolute atomic E-state index is 14.8. The second-order valence-corrected chi connectivity index (χ2v) is 21.3. The summed E-state index contributed by atoms with van der Waals surface area (Å²) in [5.41, 5.74) is 1.37. The van der Waals surface area contributed by atoms with Crippen LogP contribution in [0.15, 0.2) is 42.3 Å². The number of carbonyl (C=O) groups excluding carboxylic acids is 3. The van der Waals surface area contributed by atoms with Crippen molar-refractivity contribution >= 4 is 47.3 Å². The zero-order valence-electron chi connectivity index (χ0n) is 33.9.